The first kappa shape index (κ1) is 25.1. The van der Waals surface area contributed by atoms with E-state index in [2.05, 4.69) is 15.0 Å². The minimum Gasteiger partial charge on any atom is -0.382 e. The van der Waals surface area contributed by atoms with Crippen LogP contribution in [0.15, 0.2) is 12.7 Å². The Morgan fingerprint density at radius 1 is 1.19 bits per heavy atom. The van der Waals surface area contributed by atoms with Crippen molar-refractivity contribution in [1.29, 1.82) is 0 Å². The van der Waals surface area contributed by atoms with Crippen LogP contribution in [0.25, 0.3) is 11.2 Å². The molecule has 0 unspecified atom stereocenters. The van der Waals surface area contributed by atoms with Gasteiger partial charge in [-0.3, -0.25) is 14.2 Å². The highest BCUT2D eigenvalue weighted by Gasteiger charge is 2.36. The highest BCUT2D eigenvalue weighted by atomic mass is 32.2. The van der Waals surface area contributed by atoms with Crippen LogP contribution in [0.3, 0.4) is 0 Å². The molecule has 0 spiro atoms. The summed E-state index contributed by atoms with van der Waals surface area (Å²) in [6.45, 7) is 3.54. The molecule has 1 fully saturated rings. The van der Waals surface area contributed by atoms with Crippen LogP contribution >= 0.6 is 31.1 Å². The van der Waals surface area contributed by atoms with E-state index in [9.17, 15) is 14.2 Å². The number of hydrogen-bond acceptors (Lipinski definition) is 12. The molecule has 14 heteroatoms. The smallest absolute Gasteiger partial charge is 0.333 e. The fourth-order valence-electron chi connectivity index (χ4n) is 3.26. The molecule has 2 aromatic rings. The summed E-state index contributed by atoms with van der Waals surface area (Å²) in [5.74, 6) is 1.06. The number of aromatic nitrogens is 4. The van der Waals surface area contributed by atoms with E-state index in [1.54, 1.807) is 6.33 Å². The average Bonchev–Trinajstić information content (AvgIpc) is 3.36. The number of carbonyl (C=O) groups is 2. The van der Waals surface area contributed by atoms with Crippen LogP contribution < -0.4 is 5.73 Å². The van der Waals surface area contributed by atoms with Crippen molar-refractivity contribution in [3.63, 3.8) is 0 Å². The second-order valence-corrected chi connectivity index (χ2v) is 11.7. The van der Waals surface area contributed by atoms with Crippen LogP contribution in [0.2, 0.25) is 0 Å². The summed E-state index contributed by atoms with van der Waals surface area (Å²) in [4.78, 5) is 34.7. The second kappa shape index (κ2) is 11.6. The highest BCUT2D eigenvalue weighted by molar-refractivity contribution is 8.13. The number of hydrogen-bond donors (Lipinski definition) is 1. The van der Waals surface area contributed by atoms with Crippen molar-refractivity contribution in [1.82, 2.24) is 19.5 Å². The monoisotopic (exact) mass is 503 g/mol. The standard InChI is InChI=1S/C18H26N5O6PS2/c1-12(24)31-5-3-28-30(26,29-4-6-32-13(2)25)9-15-7-14(8-27-15)23-11-22-16-17(19)20-10-21-18(16)23/h10-11,14-15H,3-9H2,1-2H3,(H2,19,20,21)/t14-,15-/m1/s1. The van der Waals surface area contributed by atoms with E-state index < -0.39 is 7.60 Å². The Labute approximate surface area is 194 Å². The van der Waals surface area contributed by atoms with E-state index in [0.717, 1.165) is 23.5 Å². The van der Waals surface area contributed by atoms with Crippen molar-refractivity contribution in [3.05, 3.63) is 12.7 Å². The van der Waals surface area contributed by atoms with Gasteiger partial charge in [0.1, 0.15) is 11.8 Å². The molecule has 0 bridgehead atoms. The number of nitrogens with zero attached hydrogens (tertiary/aromatic N) is 4. The Bertz CT molecular complexity index is 979. The SMILES string of the molecule is CC(=O)SCCOP(=O)(C[C@H]1C[C@@H](n2cnc3c(N)ncnc32)CO1)OCCSC(C)=O. The van der Waals surface area contributed by atoms with Crippen LogP contribution in [0, 0.1) is 0 Å². The Balaban J connectivity index is 1.61. The largest absolute Gasteiger partial charge is 0.382 e. The van der Waals surface area contributed by atoms with Gasteiger partial charge in [0.05, 0.1) is 44.5 Å². The van der Waals surface area contributed by atoms with Gasteiger partial charge in [0.2, 0.25) is 0 Å². The third-order valence-corrected chi connectivity index (χ3v) is 8.18. The van der Waals surface area contributed by atoms with Gasteiger partial charge in [0, 0.05) is 25.4 Å². The van der Waals surface area contributed by atoms with Crippen molar-refractivity contribution in [2.75, 3.05) is 43.2 Å². The number of rotatable bonds is 11. The zero-order valence-corrected chi connectivity index (χ0v) is 20.4. The molecule has 3 heterocycles. The molecule has 0 radical (unpaired) electrons. The number of carbonyl (C=O) groups excluding carboxylic acids is 2. The molecular formula is C18H26N5O6PS2. The van der Waals surface area contributed by atoms with E-state index in [-0.39, 0.29) is 41.8 Å². The zero-order valence-electron chi connectivity index (χ0n) is 17.8. The summed E-state index contributed by atoms with van der Waals surface area (Å²) in [6, 6.07) is -0.0608. The maximum absolute atomic E-state index is 13.3. The summed E-state index contributed by atoms with van der Waals surface area (Å²) in [6.07, 6.45) is 3.32. The van der Waals surface area contributed by atoms with Gasteiger partial charge in [-0.1, -0.05) is 23.5 Å². The molecule has 1 saturated heterocycles. The molecule has 0 saturated carbocycles. The van der Waals surface area contributed by atoms with Gasteiger partial charge in [-0.05, 0) is 6.42 Å². The van der Waals surface area contributed by atoms with E-state index >= 15 is 0 Å². The maximum atomic E-state index is 13.3. The molecule has 32 heavy (non-hydrogen) atoms. The number of thioether (sulfide) groups is 2. The molecule has 3 rings (SSSR count). The number of nitrogens with two attached hydrogens (primary N) is 1. The lowest BCUT2D eigenvalue weighted by Crippen LogP contribution is -2.16. The van der Waals surface area contributed by atoms with Crippen LogP contribution in [0.5, 0.6) is 0 Å². The number of imidazole rings is 1. The maximum Gasteiger partial charge on any atom is 0.333 e. The van der Waals surface area contributed by atoms with Crippen molar-refractivity contribution >= 4 is 58.3 Å². The van der Waals surface area contributed by atoms with Gasteiger partial charge in [0.25, 0.3) is 0 Å². The first-order valence-corrected chi connectivity index (χ1v) is 13.7. The predicted molar refractivity (Wildman–Crippen MR) is 124 cm³/mol. The number of nitrogen functional groups attached to an aromatic ring is 1. The molecule has 2 N–H and O–H groups in total. The minimum atomic E-state index is -3.49. The molecule has 176 valence electrons. The highest BCUT2D eigenvalue weighted by Crippen LogP contribution is 2.51. The van der Waals surface area contributed by atoms with Gasteiger partial charge >= 0.3 is 7.60 Å². The quantitative estimate of drug-likeness (QED) is 0.355. The van der Waals surface area contributed by atoms with Gasteiger partial charge in [0.15, 0.2) is 21.7 Å². The number of anilines is 1. The molecule has 2 aromatic heterocycles. The Kier molecular flexibility index (Phi) is 9.09. The molecule has 1 aliphatic rings. The molecule has 11 nitrogen and oxygen atoms in total. The van der Waals surface area contributed by atoms with Crippen molar-refractivity contribution in [3.8, 4) is 0 Å². The number of fused-ring (bicyclic) bond motifs is 1. The lowest BCUT2D eigenvalue weighted by molar-refractivity contribution is -0.109. The molecule has 0 aliphatic carbocycles. The fraction of sp³-hybridized carbons (Fsp3) is 0.611. The molecule has 2 atom stereocenters. The van der Waals surface area contributed by atoms with Crippen molar-refractivity contribution in [2.24, 2.45) is 0 Å². The van der Waals surface area contributed by atoms with Gasteiger partial charge in [-0.2, -0.15) is 0 Å². The lowest BCUT2D eigenvalue weighted by Gasteiger charge is -2.21. The van der Waals surface area contributed by atoms with Gasteiger partial charge in [-0.25, -0.2) is 15.0 Å². The summed E-state index contributed by atoms with van der Waals surface area (Å²) in [5, 5.41) is -0.0811. The third kappa shape index (κ3) is 7.00. The molecule has 0 amide bonds. The summed E-state index contributed by atoms with van der Waals surface area (Å²) >= 11 is 2.19. The topological polar surface area (TPSA) is 149 Å². The van der Waals surface area contributed by atoms with E-state index in [1.165, 1.54) is 20.2 Å². The van der Waals surface area contributed by atoms with Crippen LogP contribution in [0.1, 0.15) is 26.3 Å². The second-order valence-electron chi connectivity index (χ2n) is 7.07. The average molecular weight is 504 g/mol. The predicted octanol–water partition coefficient (Wildman–Crippen LogP) is 2.52. The normalized spacial score (nSPS) is 18.9. The van der Waals surface area contributed by atoms with Crippen LogP contribution in [-0.2, 0) is 27.9 Å². The van der Waals surface area contributed by atoms with E-state index in [0.29, 0.717) is 41.5 Å². The molecule has 1 aliphatic heterocycles. The summed E-state index contributed by atoms with van der Waals surface area (Å²) in [7, 11) is -3.49. The van der Waals surface area contributed by atoms with E-state index in [1.807, 2.05) is 4.57 Å². The Morgan fingerprint density at radius 2 is 1.84 bits per heavy atom. The first-order chi connectivity index (χ1) is 15.3. The van der Waals surface area contributed by atoms with Gasteiger partial charge < -0.3 is 24.1 Å². The van der Waals surface area contributed by atoms with Crippen LogP contribution in [0.4, 0.5) is 5.82 Å². The third-order valence-electron chi connectivity index (χ3n) is 4.62. The van der Waals surface area contributed by atoms with Crippen molar-refractivity contribution in [2.45, 2.75) is 32.4 Å². The first-order valence-electron chi connectivity index (χ1n) is 9.97. The van der Waals surface area contributed by atoms with E-state index in [4.69, 9.17) is 19.5 Å². The lowest BCUT2D eigenvalue weighted by atomic mass is 10.2. The Hall–Kier alpha value is -1.50. The minimum absolute atomic E-state index is 0.0406. The van der Waals surface area contributed by atoms with Crippen LogP contribution in [-0.4, -0.2) is 73.3 Å². The Morgan fingerprint density at radius 3 is 2.47 bits per heavy atom. The fourth-order valence-corrected chi connectivity index (χ4v) is 6.19. The van der Waals surface area contributed by atoms with Gasteiger partial charge in [-0.15, -0.1) is 0 Å². The molecular weight excluding hydrogens is 477 g/mol. The van der Waals surface area contributed by atoms with Crippen molar-refractivity contribution < 1.29 is 27.9 Å². The number of ether oxygens (including phenoxy) is 1. The zero-order chi connectivity index (χ0) is 23.1. The molecule has 0 aromatic carbocycles. The summed E-state index contributed by atoms with van der Waals surface area (Å²) < 4.78 is 32.3. The summed E-state index contributed by atoms with van der Waals surface area (Å²) in [5.41, 5.74) is 7.00.